The first kappa shape index (κ1) is 14.6. The van der Waals surface area contributed by atoms with Gasteiger partial charge in [0.2, 0.25) is 0 Å². The zero-order valence-corrected chi connectivity index (χ0v) is 13.4. The molecule has 0 aliphatic carbocycles. The first-order valence-electron chi connectivity index (χ1n) is 7.83. The number of fused-ring (bicyclic) bond motifs is 1. The molecule has 0 N–H and O–H groups in total. The van der Waals surface area contributed by atoms with E-state index in [1.54, 1.807) is 7.11 Å². The highest BCUT2D eigenvalue weighted by Gasteiger charge is 2.23. The largest absolute Gasteiger partial charge is 0.496 e. The molecule has 22 heavy (non-hydrogen) atoms. The van der Waals surface area contributed by atoms with Crippen molar-refractivity contribution in [3.8, 4) is 5.75 Å². The Morgan fingerprint density at radius 2 is 1.36 bits per heavy atom. The number of hydrogen-bond donors (Lipinski definition) is 0. The van der Waals surface area contributed by atoms with Crippen LogP contribution in [0.25, 0.3) is 10.8 Å². The fourth-order valence-corrected chi connectivity index (χ4v) is 3.33. The molecule has 0 fully saturated rings. The first-order valence-corrected chi connectivity index (χ1v) is 7.83. The molecule has 1 heteroatoms. The molecule has 3 aromatic rings. The maximum absolute atomic E-state index is 5.61. The van der Waals surface area contributed by atoms with Gasteiger partial charge in [0.05, 0.1) is 7.11 Å². The smallest absolute Gasteiger partial charge is 0.122 e. The fourth-order valence-electron chi connectivity index (χ4n) is 3.33. The van der Waals surface area contributed by atoms with Crippen LogP contribution in [-0.2, 0) is 0 Å². The van der Waals surface area contributed by atoms with E-state index in [-0.39, 0.29) is 0 Å². The van der Waals surface area contributed by atoms with Crippen molar-refractivity contribution in [2.45, 2.75) is 19.8 Å². The Bertz CT molecular complexity index is 768. The Kier molecular flexibility index (Phi) is 4.15. The Morgan fingerprint density at radius 3 is 2.14 bits per heavy atom. The van der Waals surface area contributed by atoms with Gasteiger partial charge < -0.3 is 4.74 Å². The zero-order valence-electron chi connectivity index (χ0n) is 13.4. The molecule has 1 nitrogen and oxygen atoms in total. The summed E-state index contributed by atoms with van der Waals surface area (Å²) in [5.74, 6) is 1.78. The molecule has 0 radical (unpaired) electrons. The van der Waals surface area contributed by atoms with Gasteiger partial charge in [-0.1, -0.05) is 74.5 Å². The number of benzene rings is 3. The van der Waals surface area contributed by atoms with Crippen molar-refractivity contribution in [3.63, 3.8) is 0 Å². The van der Waals surface area contributed by atoms with Crippen molar-refractivity contribution < 1.29 is 4.74 Å². The monoisotopic (exact) mass is 290 g/mol. The van der Waals surface area contributed by atoms with Crippen molar-refractivity contribution in [2.75, 3.05) is 7.11 Å². The summed E-state index contributed by atoms with van der Waals surface area (Å²) >= 11 is 0. The highest BCUT2D eigenvalue weighted by molar-refractivity contribution is 5.86. The molecule has 112 valence electrons. The molecular formula is C21H22O. The Morgan fingerprint density at radius 1 is 0.727 bits per heavy atom. The van der Waals surface area contributed by atoms with Gasteiger partial charge in [-0.2, -0.15) is 0 Å². The quantitative estimate of drug-likeness (QED) is 0.604. The molecule has 3 aromatic carbocycles. The molecule has 0 bridgehead atoms. The lowest BCUT2D eigenvalue weighted by Crippen LogP contribution is -2.10. The van der Waals surface area contributed by atoms with Gasteiger partial charge in [0.15, 0.2) is 0 Å². The van der Waals surface area contributed by atoms with Crippen molar-refractivity contribution in [3.05, 3.63) is 77.9 Å². The van der Waals surface area contributed by atoms with Crippen LogP contribution in [0.5, 0.6) is 5.75 Å². The number of para-hydroxylation sites is 1. The predicted octanol–water partition coefficient (Wildman–Crippen LogP) is 5.64. The van der Waals surface area contributed by atoms with Gasteiger partial charge in [0.25, 0.3) is 0 Å². The minimum Gasteiger partial charge on any atom is -0.496 e. The highest BCUT2D eigenvalue weighted by atomic mass is 16.5. The molecule has 0 aromatic heterocycles. The van der Waals surface area contributed by atoms with Crippen LogP contribution in [0.2, 0.25) is 0 Å². The molecule has 1 unspecified atom stereocenters. The van der Waals surface area contributed by atoms with E-state index in [2.05, 4.69) is 74.5 Å². The summed E-state index contributed by atoms with van der Waals surface area (Å²) in [5, 5.41) is 2.62. The van der Waals surface area contributed by atoms with Crippen molar-refractivity contribution >= 4 is 10.8 Å². The third kappa shape index (κ3) is 2.59. The standard InChI is InChI=1S/C21H22O/c1-15(2)21(19-12-6-7-14-20(19)22-3)18-13-8-10-16-9-4-5-11-17(16)18/h4-15,21H,1-3H3. The van der Waals surface area contributed by atoms with Crippen LogP contribution in [0.4, 0.5) is 0 Å². The molecule has 0 amide bonds. The van der Waals surface area contributed by atoms with Gasteiger partial charge in [0.1, 0.15) is 5.75 Å². The van der Waals surface area contributed by atoms with E-state index in [0.29, 0.717) is 11.8 Å². The van der Waals surface area contributed by atoms with Gasteiger partial charge in [0, 0.05) is 11.5 Å². The van der Waals surface area contributed by atoms with Crippen LogP contribution in [0.15, 0.2) is 66.7 Å². The summed E-state index contributed by atoms with van der Waals surface area (Å²) in [6.07, 6.45) is 0. The fraction of sp³-hybridized carbons (Fsp3) is 0.238. The van der Waals surface area contributed by atoms with Crippen LogP contribution in [-0.4, -0.2) is 7.11 Å². The predicted molar refractivity (Wildman–Crippen MR) is 93.6 cm³/mol. The second-order valence-electron chi connectivity index (χ2n) is 6.03. The molecule has 0 spiro atoms. The number of hydrogen-bond acceptors (Lipinski definition) is 1. The summed E-state index contributed by atoms with van der Waals surface area (Å²) in [7, 11) is 1.75. The molecule has 3 rings (SSSR count). The number of methoxy groups -OCH3 is 1. The summed E-state index contributed by atoms with van der Waals surface area (Å²) < 4.78 is 5.61. The Labute approximate surface area is 132 Å². The third-order valence-corrected chi connectivity index (χ3v) is 4.30. The number of ether oxygens (including phenoxy) is 1. The SMILES string of the molecule is COc1ccccc1C(c1cccc2ccccc12)C(C)C. The van der Waals surface area contributed by atoms with Crippen LogP contribution in [0.1, 0.15) is 30.9 Å². The second-order valence-corrected chi connectivity index (χ2v) is 6.03. The van der Waals surface area contributed by atoms with E-state index >= 15 is 0 Å². The molecule has 0 saturated carbocycles. The van der Waals surface area contributed by atoms with Gasteiger partial charge in [-0.05, 0) is 28.3 Å². The van der Waals surface area contributed by atoms with E-state index in [4.69, 9.17) is 4.74 Å². The van der Waals surface area contributed by atoms with Crippen molar-refractivity contribution in [1.29, 1.82) is 0 Å². The van der Waals surface area contributed by atoms with E-state index in [1.807, 2.05) is 6.07 Å². The average molecular weight is 290 g/mol. The molecule has 0 aliphatic rings. The highest BCUT2D eigenvalue weighted by Crippen LogP contribution is 2.39. The summed E-state index contributed by atoms with van der Waals surface area (Å²) in [6.45, 7) is 4.55. The lowest BCUT2D eigenvalue weighted by molar-refractivity contribution is 0.402. The van der Waals surface area contributed by atoms with Crippen LogP contribution in [0.3, 0.4) is 0 Å². The summed E-state index contributed by atoms with van der Waals surface area (Å²) in [6, 6.07) is 23.6. The van der Waals surface area contributed by atoms with E-state index in [0.717, 1.165) is 5.75 Å². The van der Waals surface area contributed by atoms with Crippen LogP contribution in [0, 0.1) is 5.92 Å². The van der Waals surface area contributed by atoms with E-state index < -0.39 is 0 Å². The molecule has 0 heterocycles. The average Bonchev–Trinajstić information content (AvgIpc) is 2.55. The molecular weight excluding hydrogens is 268 g/mol. The van der Waals surface area contributed by atoms with Gasteiger partial charge >= 0.3 is 0 Å². The summed E-state index contributed by atoms with van der Waals surface area (Å²) in [5.41, 5.74) is 2.63. The van der Waals surface area contributed by atoms with Crippen molar-refractivity contribution in [2.24, 2.45) is 5.92 Å². The van der Waals surface area contributed by atoms with Gasteiger partial charge in [-0.3, -0.25) is 0 Å². The molecule has 0 aliphatic heterocycles. The lowest BCUT2D eigenvalue weighted by Gasteiger charge is -2.25. The second kappa shape index (κ2) is 6.23. The Balaban J connectivity index is 2.23. The van der Waals surface area contributed by atoms with Crippen LogP contribution < -0.4 is 4.74 Å². The normalized spacial score (nSPS) is 12.5. The zero-order chi connectivity index (χ0) is 15.5. The maximum Gasteiger partial charge on any atom is 0.122 e. The van der Waals surface area contributed by atoms with Crippen LogP contribution >= 0.6 is 0 Å². The topological polar surface area (TPSA) is 9.23 Å². The molecule has 0 saturated heterocycles. The third-order valence-electron chi connectivity index (χ3n) is 4.30. The van der Waals surface area contributed by atoms with Gasteiger partial charge in [-0.25, -0.2) is 0 Å². The minimum absolute atomic E-state index is 0.322. The van der Waals surface area contributed by atoms with Gasteiger partial charge in [-0.15, -0.1) is 0 Å². The van der Waals surface area contributed by atoms with E-state index in [1.165, 1.54) is 21.9 Å². The number of rotatable bonds is 4. The maximum atomic E-state index is 5.61. The summed E-state index contributed by atoms with van der Waals surface area (Å²) in [4.78, 5) is 0. The molecule has 1 atom stereocenters. The minimum atomic E-state index is 0.322. The lowest BCUT2D eigenvalue weighted by atomic mass is 9.80. The van der Waals surface area contributed by atoms with E-state index in [9.17, 15) is 0 Å². The Hall–Kier alpha value is -2.28. The first-order chi connectivity index (χ1) is 10.7. The van der Waals surface area contributed by atoms with Crippen molar-refractivity contribution in [1.82, 2.24) is 0 Å².